The van der Waals surface area contributed by atoms with Crippen LogP contribution in [0, 0.1) is 13.8 Å². The first-order chi connectivity index (χ1) is 11.5. The van der Waals surface area contributed by atoms with Crippen molar-refractivity contribution in [2.75, 3.05) is 13.1 Å². The quantitative estimate of drug-likeness (QED) is 0.944. The van der Waals surface area contributed by atoms with Crippen LogP contribution in [0.15, 0.2) is 42.7 Å². The van der Waals surface area contributed by atoms with E-state index in [1.807, 2.05) is 24.0 Å². The highest BCUT2D eigenvalue weighted by Gasteiger charge is 2.34. The van der Waals surface area contributed by atoms with Crippen molar-refractivity contribution in [2.45, 2.75) is 38.7 Å². The molecule has 1 aromatic carbocycles. The van der Waals surface area contributed by atoms with Crippen LogP contribution in [0.3, 0.4) is 0 Å². The van der Waals surface area contributed by atoms with Gasteiger partial charge in [-0.15, -0.1) is 0 Å². The molecule has 1 aliphatic heterocycles. The Morgan fingerprint density at radius 3 is 2.58 bits per heavy atom. The Labute approximate surface area is 143 Å². The van der Waals surface area contributed by atoms with Gasteiger partial charge in [-0.1, -0.05) is 29.8 Å². The lowest BCUT2D eigenvalue weighted by Crippen LogP contribution is -2.47. The van der Waals surface area contributed by atoms with E-state index in [4.69, 9.17) is 0 Å². The molecule has 3 rings (SSSR count). The summed E-state index contributed by atoms with van der Waals surface area (Å²) in [5.41, 5.74) is 3.24. The van der Waals surface area contributed by atoms with Crippen molar-refractivity contribution >= 4 is 5.91 Å². The van der Waals surface area contributed by atoms with Crippen molar-refractivity contribution in [3.05, 3.63) is 65.0 Å². The molecule has 1 saturated heterocycles. The number of carbonyl (C=O) groups is 1. The summed E-state index contributed by atoms with van der Waals surface area (Å²) in [6.07, 6.45) is 5.21. The average Bonchev–Trinajstić information content (AvgIpc) is 2.54. The van der Waals surface area contributed by atoms with E-state index < -0.39 is 5.60 Å². The smallest absolute Gasteiger partial charge is 0.255 e. The second-order valence-electron chi connectivity index (χ2n) is 6.93. The standard InChI is InChI=1S/C20H24N2O2/c1-15-4-3-5-17(10-15)12-20(24)6-8-22(9-7-20)19(23)18-11-16(2)13-21-14-18/h3-5,10-11,13-14,24H,6-9,12H2,1-2H3. The number of aliphatic hydroxyl groups is 1. The van der Waals surface area contributed by atoms with Gasteiger partial charge in [-0.05, 0) is 43.9 Å². The van der Waals surface area contributed by atoms with Crippen molar-refractivity contribution in [3.63, 3.8) is 0 Å². The Hall–Kier alpha value is -2.20. The van der Waals surface area contributed by atoms with Gasteiger partial charge in [0, 0.05) is 31.9 Å². The highest BCUT2D eigenvalue weighted by Crippen LogP contribution is 2.27. The fraction of sp³-hybridized carbons (Fsp3) is 0.400. The molecule has 4 heteroatoms. The van der Waals surface area contributed by atoms with Gasteiger partial charge in [0.15, 0.2) is 0 Å². The summed E-state index contributed by atoms with van der Waals surface area (Å²) in [5, 5.41) is 10.9. The van der Waals surface area contributed by atoms with Crippen LogP contribution < -0.4 is 0 Å². The molecule has 24 heavy (non-hydrogen) atoms. The molecule has 0 unspecified atom stereocenters. The number of rotatable bonds is 3. The van der Waals surface area contributed by atoms with Crippen LogP contribution in [-0.4, -0.2) is 39.6 Å². The monoisotopic (exact) mass is 324 g/mol. The Kier molecular flexibility index (Phi) is 4.67. The van der Waals surface area contributed by atoms with Crippen LogP contribution in [0.4, 0.5) is 0 Å². The van der Waals surface area contributed by atoms with Crippen LogP contribution in [0.2, 0.25) is 0 Å². The summed E-state index contributed by atoms with van der Waals surface area (Å²) in [6, 6.07) is 10.1. The number of benzene rings is 1. The zero-order valence-corrected chi connectivity index (χ0v) is 14.3. The predicted molar refractivity (Wildman–Crippen MR) is 93.9 cm³/mol. The second kappa shape index (κ2) is 6.73. The highest BCUT2D eigenvalue weighted by molar-refractivity contribution is 5.94. The van der Waals surface area contributed by atoms with Gasteiger partial charge in [-0.2, -0.15) is 0 Å². The molecule has 4 nitrogen and oxygen atoms in total. The van der Waals surface area contributed by atoms with E-state index in [0.29, 0.717) is 37.9 Å². The number of amides is 1. The minimum atomic E-state index is -0.727. The highest BCUT2D eigenvalue weighted by atomic mass is 16.3. The topological polar surface area (TPSA) is 53.4 Å². The van der Waals surface area contributed by atoms with Gasteiger partial charge in [-0.25, -0.2) is 0 Å². The second-order valence-corrected chi connectivity index (χ2v) is 6.93. The van der Waals surface area contributed by atoms with Gasteiger partial charge < -0.3 is 10.0 Å². The van der Waals surface area contributed by atoms with Gasteiger partial charge in [0.2, 0.25) is 0 Å². The number of likely N-dealkylation sites (tertiary alicyclic amines) is 1. The van der Waals surface area contributed by atoms with E-state index in [1.54, 1.807) is 12.4 Å². The lowest BCUT2D eigenvalue weighted by molar-refractivity contribution is -0.0162. The number of aromatic nitrogens is 1. The fourth-order valence-corrected chi connectivity index (χ4v) is 3.36. The SMILES string of the molecule is Cc1cccc(CC2(O)CCN(C(=O)c3cncc(C)c3)CC2)c1. The molecular formula is C20H24N2O2. The molecule has 1 amide bonds. The van der Waals surface area contributed by atoms with Crippen LogP contribution >= 0.6 is 0 Å². The average molecular weight is 324 g/mol. The maximum absolute atomic E-state index is 12.6. The molecule has 1 N–H and O–H groups in total. The molecule has 0 bridgehead atoms. The number of piperidine rings is 1. The molecule has 0 spiro atoms. The summed E-state index contributed by atoms with van der Waals surface area (Å²) >= 11 is 0. The molecule has 0 saturated carbocycles. The first-order valence-corrected chi connectivity index (χ1v) is 8.44. The number of hydrogen-bond acceptors (Lipinski definition) is 3. The minimum absolute atomic E-state index is 0.00352. The normalized spacial score (nSPS) is 16.9. The zero-order valence-electron chi connectivity index (χ0n) is 14.3. The van der Waals surface area contributed by atoms with Crippen LogP contribution in [-0.2, 0) is 6.42 Å². The molecular weight excluding hydrogens is 300 g/mol. The van der Waals surface area contributed by atoms with Gasteiger partial charge in [0.05, 0.1) is 11.2 Å². The van der Waals surface area contributed by atoms with Crippen LogP contribution in [0.25, 0.3) is 0 Å². The first-order valence-electron chi connectivity index (χ1n) is 8.44. The number of pyridine rings is 1. The summed E-state index contributed by atoms with van der Waals surface area (Å²) < 4.78 is 0. The van der Waals surface area contributed by atoms with E-state index in [-0.39, 0.29) is 5.91 Å². The molecule has 2 heterocycles. The van der Waals surface area contributed by atoms with E-state index >= 15 is 0 Å². The minimum Gasteiger partial charge on any atom is -0.389 e. The molecule has 0 radical (unpaired) electrons. The van der Waals surface area contributed by atoms with Crippen molar-refractivity contribution in [2.24, 2.45) is 0 Å². The maximum Gasteiger partial charge on any atom is 0.255 e. The lowest BCUT2D eigenvalue weighted by Gasteiger charge is -2.38. The Bertz CT molecular complexity index is 734. The largest absolute Gasteiger partial charge is 0.389 e. The zero-order chi connectivity index (χ0) is 17.2. The molecule has 0 atom stereocenters. The van der Waals surface area contributed by atoms with Gasteiger partial charge in [-0.3, -0.25) is 9.78 Å². The van der Waals surface area contributed by atoms with Crippen LogP contribution in [0.1, 0.15) is 39.9 Å². The Morgan fingerprint density at radius 1 is 1.17 bits per heavy atom. The van der Waals surface area contributed by atoms with Gasteiger partial charge >= 0.3 is 0 Å². The van der Waals surface area contributed by atoms with E-state index in [1.165, 1.54) is 5.56 Å². The molecule has 0 aliphatic carbocycles. The van der Waals surface area contributed by atoms with Gasteiger partial charge in [0.25, 0.3) is 5.91 Å². The number of nitrogens with zero attached hydrogens (tertiary/aromatic N) is 2. The Balaban J connectivity index is 1.63. The fourth-order valence-electron chi connectivity index (χ4n) is 3.36. The van der Waals surface area contributed by atoms with Gasteiger partial charge in [0.1, 0.15) is 0 Å². The van der Waals surface area contributed by atoms with Crippen molar-refractivity contribution in [1.82, 2.24) is 9.88 Å². The maximum atomic E-state index is 12.6. The summed E-state index contributed by atoms with van der Waals surface area (Å²) in [7, 11) is 0. The molecule has 1 aliphatic rings. The third-order valence-electron chi connectivity index (χ3n) is 4.72. The third kappa shape index (κ3) is 3.82. The van der Waals surface area contributed by atoms with Crippen LogP contribution in [0.5, 0.6) is 0 Å². The molecule has 126 valence electrons. The summed E-state index contributed by atoms with van der Waals surface area (Å²) in [5.74, 6) is 0.00352. The van der Waals surface area contributed by atoms with E-state index in [2.05, 4.69) is 30.1 Å². The third-order valence-corrected chi connectivity index (χ3v) is 4.72. The van der Waals surface area contributed by atoms with E-state index in [0.717, 1.165) is 11.1 Å². The number of aryl methyl sites for hydroxylation is 2. The van der Waals surface area contributed by atoms with Crippen molar-refractivity contribution < 1.29 is 9.90 Å². The van der Waals surface area contributed by atoms with E-state index in [9.17, 15) is 9.90 Å². The summed E-state index contributed by atoms with van der Waals surface area (Å²) in [6.45, 7) is 5.15. The Morgan fingerprint density at radius 2 is 1.92 bits per heavy atom. The van der Waals surface area contributed by atoms with Crippen molar-refractivity contribution in [1.29, 1.82) is 0 Å². The lowest BCUT2D eigenvalue weighted by atomic mass is 9.85. The summed E-state index contributed by atoms with van der Waals surface area (Å²) in [4.78, 5) is 18.5. The molecule has 1 fully saturated rings. The first kappa shape index (κ1) is 16.7. The number of hydrogen-bond donors (Lipinski definition) is 1. The molecule has 2 aromatic rings. The number of carbonyl (C=O) groups excluding carboxylic acids is 1. The molecule has 1 aromatic heterocycles. The predicted octanol–water partition coefficient (Wildman–Crippen LogP) is 2.91. The van der Waals surface area contributed by atoms with Crippen molar-refractivity contribution in [3.8, 4) is 0 Å².